The minimum absolute atomic E-state index is 0.330. The highest BCUT2D eigenvalue weighted by molar-refractivity contribution is 5.31. The van der Waals surface area contributed by atoms with Crippen LogP contribution in [0.5, 0.6) is 5.75 Å². The maximum Gasteiger partial charge on any atom is 0.131 e. The standard InChI is InChI=1S/C12H16FNO/c1-8(2)6-12(14)10-5-4-9(15-3)7-11(10)13/h4-5,7,12H,1,6,14H2,2-3H3/t12-/m0/s1. The van der Waals surface area contributed by atoms with Gasteiger partial charge in [-0.05, 0) is 19.4 Å². The largest absolute Gasteiger partial charge is 0.497 e. The minimum Gasteiger partial charge on any atom is -0.497 e. The number of rotatable bonds is 4. The molecule has 0 radical (unpaired) electrons. The Bertz CT molecular complexity index is 363. The summed E-state index contributed by atoms with van der Waals surface area (Å²) in [4.78, 5) is 0. The van der Waals surface area contributed by atoms with E-state index < -0.39 is 0 Å². The lowest BCUT2D eigenvalue weighted by molar-refractivity contribution is 0.410. The SMILES string of the molecule is C=C(C)C[C@H](N)c1ccc(OC)cc1F. The lowest BCUT2D eigenvalue weighted by Crippen LogP contribution is -2.12. The van der Waals surface area contributed by atoms with E-state index in [2.05, 4.69) is 6.58 Å². The third-order valence-electron chi connectivity index (χ3n) is 2.18. The molecule has 0 unspecified atom stereocenters. The first-order chi connectivity index (χ1) is 7.04. The van der Waals surface area contributed by atoms with Crippen LogP contribution in [0.4, 0.5) is 4.39 Å². The zero-order chi connectivity index (χ0) is 11.4. The van der Waals surface area contributed by atoms with Gasteiger partial charge in [0.1, 0.15) is 11.6 Å². The Hall–Kier alpha value is -1.35. The Balaban J connectivity index is 2.90. The Labute approximate surface area is 89.6 Å². The second-order valence-electron chi connectivity index (χ2n) is 3.66. The van der Waals surface area contributed by atoms with Gasteiger partial charge in [0, 0.05) is 17.7 Å². The molecule has 0 aromatic heterocycles. The van der Waals surface area contributed by atoms with Gasteiger partial charge in [0.25, 0.3) is 0 Å². The Morgan fingerprint density at radius 1 is 1.60 bits per heavy atom. The minimum atomic E-state index is -0.339. The summed E-state index contributed by atoms with van der Waals surface area (Å²) >= 11 is 0. The molecule has 82 valence electrons. The summed E-state index contributed by atoms with van der Waals surface area (Å²) in [6, 6.07) is 4.36. The number of halogens is 1. The molecule has 0 saturated carbocycles. The van der Waals surface area contributed by atoms with Crippen LogP contribution in [0.3, 0.4) is 0 Å². The zero-order valence-electron chi connectivity index (χ0n) is 9.09. The monoisotopic (exact) mass is 209 g/mol. The fourth-order valence-corrected chi connectivity index (χ4v) is 1.42. The van der Waals surface area contributed by atoms with Gasteiger partial charge in [0.2, 0.25) is 0 Å². The summed E-state index contributed by atoms with van der Waals surface area (Å²) in [7, 11) is 1.50. The normalized spacial score (nSPS) is 12.3. The maximum atomic E-state index is 13.5. The molecule has 0 fully saturated rings. The van der Waals surface area contributed by atoms with Crippen LogP contribution in [-0.4, -0.2) is 7.11 Å². The van der Waals surface area contributed by atoms with E-state index >= 15 is 0 Å². The van der Waals surface area contributed by atoms with Gasteiger partial charge in [-0.1, -0.05) is 11.6 Å². The first-order valence-corrected chi connectivity index (χ1v) is 4.78. The highest BCUT2D eigenvalue weighted by atomic mass is 19.1. The summed E-state index contributed by atoms with van der Waals surface area (Å²) in [5.41, 5.74) is 7.29. The van der Waals surface area contributed by atoms with Crippen LogP contribution in [0.1, 0.15) is 24.9 Å². The first-order valence-electron chi connectivity index (χ1n) is 4.78. The number of nitrogens with two attached hydrogens (primary N) is 1. The van der Waals surface area contributed by atoms with Gasteiger partial charge in [-0.3, -0.25) is 0 Å². The zero-order valence-corrected chi connectivity index (χ0v) is 9.09. The van der Waals surface area contributed by atoms with E-state index in [-0.39, 0.29) is 11.9 Å². The molecule has 1 atom stereocenters. The van der Waals surface area contributed by atoms with E-state index in [1.807, 2.05) is 6.92 Å². The lowest BCUT2D eigenvalue weighted by Gasteiger charge is -2.13. The van der Waals surface area contributed by atoms with Crippen molar-refractivity contribution in [3.8, 4) is 5.75 Å². The molecule has 3 heteroatoms. The molecule has 1 aromatic rings. The number of hydrogen-bond donors (Lipinski definition) is 1. The summed E-state index contributed by atoms with van der Waals surface area (Å²) in [6.07, 6.45) is 0.587. The van der Waals surface area contributed by atoms with Crippen LogP contribution in [0.15, 0.2) is 30.4 Å². The van der Waals surface area contributed by atoms with Crippen molar-refractivity contribution in [2.45, 2.75) is 19.4 Å². The van der Waals surface area contributed by atoms with Crippen molar-refractivity contribution in [3.05, 3.63) is 41.7 Å². The molecule has 1 rings (SSSR count). The maximum absolute atomic E-state index is 13.5. The Morgan fingerprint density at radius 3 is 2.73 bits per heavy atom. The highest BCUT2D eigenvalue weighted by Crippen LogP contribution is 2.23. The van der Waals surface area contributed by atoms with Crippen LogP contribution in [0.25, 0.3) is 0 Å². The number of methoxy groups -OCH3 is 1. The number of ether oxygens (including phenoxy) is 1. The van der Waals surface area contributed by atoms with Gasteiger partial charge >= 0.3 is 0 Å². The molecule has 0 aliphatic heterocycles. The van der Waals surface area contributed by atoms with Crippen LogP contribution < -0.4 is 10.5 Å². The van der Waals surface area contributed by atoms with Gasteiger partial charge in [-0.15, -0.1) is 6.58 Å². The average Bonchev–Trinajstić information content (AvgIpc) is 2.16. The Morgan fingerprint density at radius 2 is 2.27 bits per heavy atom. The molecule has 0 amide bonds. The quantitative estimate of drug-likeness (QED) is 0.774. The third kappa shape index (κ3) is 3.06. The third-order valence-corrected chi connectivity index (χ3v) is 2.18. The lowest BCUT2D eigenvalue weighted by atomic mass is 10.0. The molecule has 0 heterocycles. The summed E-state index contributed by atoms with van der Waals surface area (Å²) < 4.78 is 18.5. The van der Waals surface area contributed by atoms with Crippen molar-refractivity contribution in [2.24, 2.45) is 5.73 Å². The number of hydrogen-bond acceptors (Lipinski definition) is 2. The van der Waals surface area contributed by atoms with Gasteiger partial charge in [-0.2, -0.15) is 0 Å². The van der Waals surface area contributed by atoms with Crippen molar-refractivity contribution in [1.29, 1.82) is 0 Å². The van der Waals surface area contributed by atoms with E-state index in [0.717, 1.165) is 5.57 Å². The van der Waals surface area contributed by atoms with Crippen LogP contribution in [-0.2, 0) is 0 Å². The summed E-state index contributed by atoms with van der Waals surface area (Å²) in [6.45, 7) is 5.63. The molecule has 0 spiro atoms. The van der Waals surface area contributed by atoms with E-state index in [1.54, 1.807) is 12.1 Å². The molecule has 0 aliphatic carbocycles. The molecule has 0 aliphatic rings. The van der Waals surface area contributed by atoms with Gasteiger partial charge in [0.05, 0.1) is 7.11 Å². The van der Waals surface area contributed by atoms with Crippen molar-refractivity contribution in [2.75, 3.05) is 7.11 Å². The van der Waals surface area contributed by atoms with Crippen molar-refractivity contribution in [3.63, 3.8) is 0 Å². The average molecular weight is 209 g/mol. The van der Waals surface area contributed by atoms with E-state index in [0.29, 0.717) is 17.7 Å². The fraction of sp³-hybridized carbons (Fsp3) is 0.333. The Kier molecular flexibility index (Phi) is 3.86. The van der Waals surface area contributed by atoms with E-state index in [4.69, 9.17) is 10.5 Å². The van der Waals surface area contributed by atoms with Crippen LogP contribution in [0, 0.1) is 5.82 Å². The molecule has 2 N–H and O–H groups in total. The summed E-state index contributed by atoms with van der Waals surface area (Å²) in [5, 5.41) is 0. The molecule has 15 heavy (non-hydrogen) atoms. The molecule has 1 aromatic carbocycles. The predicted molar refractivity (Wildman–Crippen MR) is 59.3 cm³/mol. The first kappa shape index (κ1) is 11.7. The van der Waals surface area contributed by atoms with Gasteiger partial charge in [-0.25, -0.2) is 4.39 Å². The van der Waals surface area contributed by atoms with Crippen LogP contribution in [0.2, 0.25) is 0 Å². The van der Waals surface area contributed by atoms with Crippen LogP contribution >= 0.6 is 0 Å². The van der Waals surface area contributed by atoms with E-state index in [9.17, 15) is 4.39 Å². The van der Waals surface area contributed by atoms with Crippen molar-refractivity contribution >= 4 is 0 Å². The molecular formula is C12H16FNO. The van der Waals surface area contributed by atoms with E-state index in [1.165, 1.54) is 13.2 Å². The van der Waals surface area contributed by atoms with Gasteiger partial charge < -0.3 is 10.5 Å². The summed E-state index contributed by atoms with van der Waals surface area (Å²) in [5.74, 6) is 0.168. The van der Waals surface area contributed by atoms with Crippen molar-refractivity contribution in [1.82, 2.24) is 0 Å². The second-order valence-corrected chi connectivity index (χ2v) is 3.66. The predicted octanol–water partition coefficient (Wildman–Crippen LogP) is 2.80. The fourth-order valence-electron chi connectivity index (χ4n) is 1.42. The van der Waals surface area contributed by atoms with Gasteiger partial charge in [0.15, 0.2) is 0 Å². The number of benzene rings is 1. The molecule has 2 nitrogen and oxygen atoms in total. The van der Waals surface area contributed by atoms with Crippen molar-refractivity contribution < 1.29 is 9.13 Å². The smallest absolute Gasteiger partial charge is 0.131 e. The molecule has 0 saturated heterocycles. The second kappa shape index (κ2) is 4.94. The highest BCUT2D eigenvalue weighted by Gasteiger charge is 2.12. The topological polar surface area (TPSA) is 35.2 Å². The molecular weight excluding hydrogens is 193 g/mol. The molecule has 0 bridgehead atoms.